The molecule has 160 valence electrons. The first-order valence-electron chi connectivity index (χ1n) is 9.35. The van der Waals surface area contributed by atoms with E-state index < -0.39 is 11.6 Å². The summed E-state index contributed by atoms with van der Waals surface area (Å²) in [6.45, 7) is 0.842. The van der Waals surface area contributed by atoms with Crippen molar-refractivity contribution in [2.75, 3.05) is 20.3 Å². The van der Waals surface area contributed by atoms with Crippen LogP contribution in [0.15, 0.2) is 60.7 Å². The predicted molar refractivity (Wildman–Crippen MR) is 110 cm³/mol. The average molecular weight is 426 g/mol. The van der Waals surface area contributed by atoms with E-state index in [0.717, 1.165) is 0 Å². The molecule has 0 bridgehead atoms. The Balaban J connectivity index is 2.10. The zero-order valence-electron chi connectivity index (χ0n) is 16.7. The van der Waals surface area contributed by atoms with E-state index in [1.165, 1.54) is 41.2 Å². The number of aromatic nitrogens is 4. The number of benzene rings is 2. The Morgan fingerprint density at radius 2 is 1.61 bits per heavy atom. The Morgan fingerprint density at radius 1 is 1.00 bits per heavy atom. The minimum atomic E-state index is -0.399. The molecule has 0 N–H and O–H groups in total. The highest BCUT2D eigenvalue weighted by atomic mass is 19.1. The summed E-state index contributed by atoms with van der Waals surface area (Å²) in [6.07, 6.45) is 3.44. The Hall–Kier alpha value is -3.56. The third-order valence-electron chi connectivity index (χ3n) is 4.21. The van der Waals surface area contributed by atoms with E-state index in [0.29, 0.717) is 41.8 Å². The van der Waals surface area contributed by atoms with Gasteiger partial charge in [0, 0.05) is 18.3 Å². The zero-order chi connectivity index (χ0) is 22.1. The van der Waals surface area contributed by atoms with Crippen LogP contribution in [-0.4, -0.2) is 46.8 Å². The van der Waals surface area contributed by atoms with Gasteiger partial charge in [-0.15, -0.1) is 15.0 Å². The van der Waals surface area contributed by atoms with E-state index in [1.807, 2.05) is 0 Å². The molecule has 1 aromatic heterocycles. The Morgan fingerprint density at radius 3 is 2.16 bits per heavy atom. The molecule has 0 aliphatic rings. The number of nitrogens with zero attached hydrogens (tertiary/aromatic N) is 4. The first-order valence-corrected chi connectivity index (χ1v) is 9.35. The van der Waals surface area contributed by atoms with Gasteiger partial charge in [0.25, 0.3) is 0 Å². The Bertz CT molecular complexity index is 1010. The van der Waals surface area contributed by atoms with Crippen molar-refractivity contribution in [3.05, 3.63) is 89.3 Å². The van der Waals surface area contributed by atoms with Gasteiger partial charge in [-0.05, 0) is 52.8 Å². The number of tetrazole rings is 1. The number of hydrogen-bond acceptors (Lipinski definition) is 6. The molecule has 0 aliphatic heterocycles. The average Bonchev–Trinajstić information content (AvgIpc) is 3.25. The number of methoxy groups -OCH3 is 1. The van der Waals surface area contributed by atoms with Crippen molar-refractivity contribution < 1.29 is 23.0 Å². The Kier molecular flexibility index (Phi) is 7.85. The first-order chi connectivity index (χ1) is 15.1. The number of ether oxygens (including phenoxy) is 2. The summed E-state index contributed by atoms with van der Waals surface area (Å²) in [7, 11) is 1.57. The van der Waals surface area contributed by atoms with Crippen molar-refractivity contribution in [3.63, 3.8) is 0 Å². The fourth-order valence-corrected chi connectivity index (χ4v) is 2.81. The van der Waals surface area contributed by atoms with Crippen molar-refractivity contribution in [2.24, 2.45) is 0 Å². The van der Waals surface area contributed by atoms with E-state index in [9.17, 15) is 13.6 Å². The van der Waals surface area contributed by atoms with Crippen LogP contribution in [-0.2, 0) is 21.0 Å². The van der Waals surface area contributed by atoms with Gasteiger partial charge in [-0.1, -0.05) is 24.3 Å². The number of rotatable bonds is 10. The Labute approximate surface area is 177 Å². The van der Waals surface area contributed by atoms with Gasteiger partial charge >= 0.3 is 0 Å². The highest BCUT2D eigenvalue weighted by Crippen LogP contribution is 2.32. The predicted octanol–water partition coefficient (Wildman–Crippen LogP) is 3.29. The van der Waals surface area contributed by atoms with Crippen molar-refractivity contribution in [3.8, 4) is 0 Å². The molecule has 3 rings (SSSR count). The summed E-state index contributed by atoms with van der Waals surface area (Å²) in [5.41, 5.74) is 2.30. The molecule has 0 fully saturated rings. The van der Waals surface area contributed by atoms with Crippen LogP contribution in [0.5, 0.6) is 0 Å². The second-order valence-corrected chi connectivity index (χ2v) is 6.31. The van der Waals surface area contributed by atoms with Crippen LogP contribution in [0.4, 0.5) is 8.78 Å². The van der Waals surface area contributed by atoms with E-state index in [2.05, 4.69) is 15.4 Å². The fourth-order valence-electron chi connectivity index (χ4n) is 2.81. The molecule has 0 unspecified atom stereocenters. The first kappa shape index (κ1) is 22.1. The van der Waals surface area contributed by atoms with Gasteiger partial charge < -0.3 is 9.47 Å². The van der Waals surface area contributed by atoms with Crippen LogP contribution in [0, 0.1) is 11.6 Å². The molecule has 0 radical (unpaired) electrons. The molecular formula is C22H20F2N4O3. The third kappa shape index (κ3) is 5.97. The number of hydrogen-bond donors (Lipinski definition) is 0. The maximum atomic E-state index is 13.5. The highest BCUT2D eigenvalue weighted by Gasteiger charge is 2.17. The molecule has 3 aromatic rings. The maximum Gasteiger partial charge on any atom is 0.205 e. The monoisotopic (exact) mass is 426 g/mol. The van der Waals surface area contributed by atoms with Crippen LogP contribution < -0.4 is 0 Å². The van der Waals surface area contributed by atoms with Crippen LogP contribution in [0.3, 0.4) is 0 Å². The molecule has 2 aromatic carbocycles. The number of halogens is 2. The lowest BCUT2D eigenvalue weighted by Crippen LogP contribution is -2.10. The van der Waals surface area contributed by atoms with Gasteiger partial charge in [-0.25, -0.2) is 8.78 Å². The molecule has 1 heterocycles. The van der Waals surface area contributed by atoms with E-state index >= 15 is 0 Å². The topological polar surface area (TPSA) is 79.1 Å². The standard InChI is InChI=1S/C22H20F2N4O3/c1-30-13-14-31-15-28-26-22(25-27-28)20(3-2-12-29)21(16-4-8-18(23)9-5-16)17-6-10-19(24)11-7-17/h2-12H,13-15H2,1H3/b3-2+. The second-order valence-electron chi connectivity index (χ2n) is 6.31. The molecule has 0 saturated carbocycles. The van der Waals surface area contributed by atoms with Gasteiger partial charge in [0.1, 0.15) is 17.9 Å². The zero-order valence-corrected chi connectivity index (χ0v) is 16.7. The van der Waals surface area contributed by atoms with Crippen LogP contribution in [0.25, 0.3) is 11.1 Å². The lowest BCUT2D eigenvalue weighted by atomic mass is 9.92. The number of carbonyl (C=O) groups is 1. The lowest BCUT2D eigenvalue weighted by molar-refractivity contribution is -0.104. The smallest absolute Gasteiger partial charge is 0.205 e. The number of allylic oxidation sites excluding steroid dienone is 3. The van der Waals surface area contributed by atoms with Crippen molar-refractivity contribution >= 4 is 17.4 Å². The molecule has 0 atom stereocenters. The van der Waals surface area contributed by atoms with E-state index in [4.69, 9.17) is 9.47 Å². The molecule has 0 aliphatic carbocycles. The normalized spacial score (nSPS) is 11.1. The summed E-state index contributed by atoms with van der Waals surface area (Å²) in [5, 5.41) is 12.4. The number of carbonyl (C=O) groups excluding carboxylic acids is 1. The summed E-state index contributed by atoms with van der Waals surface area (Å²) >= 11 is 0. The summed E-state index contributed by atoms with van der Waals surface area (Å²) < 4.78 is 37.4. The second kappa shape index (κ2) is 11.0. The molecule has 0 amide bonds. The van der Waals surface area contributed by atoms with Gasteiger partial charge in [-0.2, -0.15) is 0 Å². The minimum Gasteiger partial charge on any atom is -0.382 e. The van der Waals surface area contributed by atoms with Crippen LogP contribution >= 0.6 is 0 Å². The number of aldehydes is 1. The summed E-state index contributed by atoms with van der Waals surface area (Å²) in [4.78, 5) is 12.3. The summed E-state index contributed by atoms with van der Waals surface area (Å²) in [6, 6.07) is 11.6. The lowest BCUT2D eigenvalue weighted by Gasteiger charge is -2.12. The molecular weight excluding hydrogens is 406 g/mol. The maximum absolute atomic E-state index is 13.5. The molecule has 0 saturated heterocycles. The van der Waals surface area contributed by atoms with Crippen molar-refractivity contribution in [1.29, 1.82) is 0 Å². The van der Waals surface area contributed by atoms with Crippen molar-refractivity contribution in [1.82, 2.24) is 20.2 Å². The third-order valence-corrected chi connectivity index (χ3v) is 4.21. The van der Waals surface area contributed by atoms with Crippen LogP contribution in [0.1, 0.15) is 17.0 Å². The SMILES string of the molecule is COCCOCn1nnc(C(/C=C/C=O)=C(c2ccc(F)cc2)c2ccc(F)cc2)n1. The van der Waals surface area contributed by atoms with Gasteiger partial charge in [-0.3, -0.25) is 4.79 Å². The highest BCUT2D eigenvalue weighted by molar-refractivity contribution is 6.01. The van der Waals surface area contributed by atoms with E-state index in [-0.39, 0.29) is 12.6 Å². The quantitative estimate of drug-likeness (QED) is 0.214. The van der Waals surface area contributed by atoms with Gasteiger partial charge in [0.15, 0.2) is 6.73 Å². The molecule has 7 nitrogen and oxygen atoms in total. The minimum absolute atomic E-state index is 0.0590. The van der Waals surface area contributed by atoms with Crippen LogP contribution in [0.2, 0.25) is 0 Å². The molecule has 9 heteroatoms. The van der Waals surface area contributed by atoms with Gasteiger partial charge in [0.05, 0.1) is 13.2 Å². The largest absolute Gasteiger partial charge is 0.382 e. The van der Waals surface area contributed by atoms with E-state index in [1.54, 1.807) is 31.4 Å². The molecule has 0 spiro atoms. The van der Waals surface area contributed by atoms with Gasteiger partial charge in [0.2, 0.25) is 5.82 Å². The summed E-state index contributed by atoms with van der Waals surface area (Å²) in [5.74, 6) is -0.578. The molecule has 31 heavy (non-hydrogen) atoms. The fraction of sp³-hybridized carbons (Fsp3) is 0.182. The van der Waals surface area contributed by atoms with Crippen molar-refractivity contribution in [2.45, 2.75) is 6.73 Å².